The summed E-state index contributed by atoms with van der Waals surface area (Å²) in [5.41, 5.74) is 1.01. The average Bonchev–Trinajstić information content (AvgIpc) is 2.95. The summed E-state index contributed by atoms with van der Waals surface area (Å²) in [4.78, 5) is 29.8. The highest BCUT2D eigenvalue weighted by Crippen LogP contribution is 2.54. The molecular formula is C33H38N2O4. The van der Waals surface area contributed by atoms with Crippen molar-refractivity contribution in [3.8, 4) is 5.75 Å². The van der Waals surface area contributed by atoms with Gasteiger partial charge in [-0.1, -0.05) is 48.5 Å². The number of piperidine rings is 1. The Morgan fingerprint density at radius 2 is 1.87 bits per heavy atom. The monoisotopic (exact) mass is 526 g/mol. The summed E-state index contributed by atoms with van der Waals surface area (Å²) in [5.74, 6) is 0.227. The lowest BCUT2D eigenvalue weighted by atomic mass is 9.55. The molecule has 6 nitrogen and oxygen atoms in total. The molecule has 2 aliphatic rings. The summed E-state index contributed by atoms with van der Waals surface area (Å²) in [6.45, 7) is 7.85. The fourth-order valence-corrected chi connectivity index (χ4v) is 6.95. The molecule has 0 bridgehead atoms. The van der Waals surface area contributed by atoms with Crippen LogP contribution in [-0.2, 0) is 14.9 Å². The van der Waals surface area contributed by atoms with Crippen LogP contribution in [0.5, 0.6) is 5.75 Å². The summed E-state index contributed by atoms with van der Waals surface area (Å²) in [6, 6.07) is 22.0. The number of hydrogen-bond donors (Lipinski definition) is 0. The number of fused-ring (bicyclic) bond motifs is 2. The third-order valence-corrected chi connectivity index (χ3v) is 8.96. The SMILES string of the molecule is C=CCN1CC[C@@]2(c3cccc(OC(C)=O)c3)C[C@@H](N(C)C(=O)c3ccc4ccccc4c3)CC[C@]2(OC)C1. The molecule has 6 heteroatoms. The molecule has 1 aliphatic heterocycles. The van der Waals surface area contributed by atoms with Gasteiger partial charge < -0.3 is 14.4 Å². The molecule has 2 fully saturated rings. The molecule has 0 aromatic heterocycles. The quantitative estimate of drug-likeness (QED) is 0.228. The summed E-state index contributed by atoms with van der Waals surface area (Å²) in [7, 11) is 3.74. The van der Waals surface area contributed by atoms with E-state index in [4.69, 9.17) is 9.47 Å². The van der Waals surface area contributed by atoms with Gasteiger partial charge in [0.1, 0.15) is 5.75 Å². The molecule has 1 saturated carbocycles. The minimum absolute atomic E-state index is 0.0311. The van der Waals surface area contributed by atoms with E-state index >= 15 is 0 Å². The molecule has 1 heterocycles. The van der Waals surface area contributed by atoms with Crippen molar-refractivity contribution in [1.29, 1.82) is 0 Å². The van der Waals surface area contributed by atoms with Crippen molar-refractivity contribution in [2.24, 2.45) is 0 Å². The second-order valence-corrected chi connectivity index (χ2v) is 11.1. The Balaban J connectivity index is 1.50. The van der Waals surface area contributed by atoms with E-state index in [0.717, 1.165) is 61.7 Å². The van der Waals surface area contributed by atoms with Crippen LogP contribution in [0.15, 0.2) is 79.4 Å². The van der Waals surface area contributed by atoms with Crippen molar-refractivity contribution in [2.45, 2.75) is 49.7 Å². The second kappa shape index (κ2) is 10.9. The van der Waals surface area contributed by atoms with Crippen molar-refractivity contribution in [1.82, 2.24) is 9.80 Å². The highest BCUT2D eigenvalue weighted by Gasteiger charge is 2.59. The van der Waals surface area contributed by atoms with E-state index in [1.54, 1.807) is 0 Å². The lowest BCUT2D eigenvalue weighted by molar-refractivity contribution is -0.151. The lowest BCUT2D eigenvalue weighted by Crippen LogP contribution is -2.68. The van der Waals surface area contributed by atoms with E-state index in [-0.39, 0.29) is 23.3 Å². The minimum atomic E-state index is -0.438. The molecule has 1 amide bonds. The molecular weight excluding hydrogens is 488 g/mol. The number of benzene rings is 3. The normalized spacial score (nSPS) is 25.1. The smallest absolute Gasteiger partial charge is 0.308 e. The highest BCUT2D eigenvalue weighted by atomic mass is 16.5. The fraction of sp³-hybridized carbons (Fsp3) is 0.394. The number of nitrogens with zero attached hydrogens (tertiary/aromatic N) is 2. The molecule has 0 radical (unpaired) electrons. The van der Waals surface area contributed by atoms with Crippen molar-refractivity contribution in [3.63, 3.8) is 0 Å². The average molecular weight is 527 g/mol. The molecule has 3 atom stereocenters. The number of rotatable bonds is 7. The first kappa shape index (κ1) is 27.1. The van der Waals surface area contributed by atoms with Gasteiger partial charge in [-0.05, 0) is 72.8 Å². The first-order valence-electron chi connectivity index (χ1n) is 13.7. The Labute approximate surface area is 231 Å². The molecule has 3 aromatic carbocycles. The molecule has 3 aromatic rings. The predicted octanol–water partition coefficient (Wildman–Crippen LogP) is 5.60. The van der Waals surface area contributed by atoms with Gasteiger partial charge in [0.05, 0.1) is 5.60 Å². The molecule has 204 valence electrons. The number of esters is 1. The number of amides is 1. The maximum atomic E-state index is 13.8. The van der Waals surface area contributed by atoms with Crippen LogP contribution in [0.2, 0.25) is 0 Å². The molecule has 0 N–H and O–H groups in total. The second-order valence-electron chi connectivity index (χ2n) is 11.1. The van der Waals surface area contributed by atoms with Gasteiger partial charge in [0.25, 0.3) is 5.91 Å². The first-order valence-corrected chi connectivity index (χ1v) is 13.7. The molecule has 39 heavy (non-hydrogen) atoms. The van der Waals surface area contributed by atoms with Crippen molar-refractivity contribution < 1.29 is 19.1 Å². The van der Waals surface area contributed by atoms with E-state index in [9.17, 15) is 9.59 Å². The largest absolute Gasteiger partial charge is 0.427 e. The Kier molecular flexibility index (Phi) is 7.61. The number of likely N-dealkylation sites (tertiary alicyclic amines) is 1. The van der Waals surface area contributed by atoms with Crippen LogP contribution in [0, 0.1) is 0 Å². The third-order valence-electron chi connectivity index (χ3n) is 8.96. The van der Waals surface area contributed by atoms with E-state index in [1.807, 2.05) is 79.7 Å². The zero-order valence-electron chi connectivity index (χ0n) is 23.2. The zero-order chi connectivity index (χ0) is 27.6. The molecule has 5 rings (SSSR count). The topological polar surface area (TPSA) is 59.1 Å². The van der Waals surface area contributed by atoms with Gasteiger partial charge >= 0.3 is 5.97 Å². The van der Waals surface area contributed by atoms with Crippen LogP contribution in [-0.4, -0.2) is 67.1 Å². The lowest BCUT2D eigenvalue weighted by Gasteiger charge is -2.60. The molecule has 1 saturated heterocycles. The highest BCUT2D eigenvalue weighted by molar-refractivity contribution is 5.98. The first-order chi connectivity index (χ1) is 18.8. The fourth-order valence-electron chi connectivity index (χ4n) is 6.95. The van der Waals surface area contributed by atoms with Crippen LogP contribution in [0.25, 0.3) is 10.8 Å². The van der Waals surface area contributed by atoms with Gasteiger partial charge in [-0.25, -0.2) is 0 Å². The van der Waals surface area contributed by atoms with E-state index in [2.05, 4.69) is 23.6 Å². The standard InChI is InChI=1S/C33H38N2O4/c1-5-18-35-19-17-32(28-11-8-12-30(21-28)39-24(2)36)22-29(15-16-33(32,23-35)38-4)34(3)31(37)27-14-13-25-9-6-7-10-26(25)20-27/h5-14,20-21,29H,1,15-19,22-23H2,2-4H3/t29-,32-,33-/m0/s1. The number of carbonyl (C=O) groups is 2. The van der Waals surface area contributed by atoms with Gasteiger partial charge in [-0.15, -0.1) is 6.58 Å². The summed E-state index contributed by atoms with van der Waals surface area (Å²) in [6.07, 6.45) is 5.24. The summed E-state index contributed by atoms with van der Waals surface area (Å²) < 4.78 is 12.0. The maximum absolute atomic E-state index is 13.8. The Hall–Kier alpha value is -3.48. The van der Waals surface area contributed by atoms with Gasteiger partial charge in [-0.3, -0.25) is 14.5 Å². The van der Waals surface area contributed by atoms with Gasteiger partial charge in [0, 0.05) is 51.2 Å². The Morgan fingerprint density at radius 3 is 2.62 bits per heavy atom. The molecule has 0 spiro atoms. The van der Waals surface area contributed by atoms with Crippen LogP contribution < -0.4 is 4.74 Å². The van der Waals surface area contributed by atoms with Crippen molar-refractivity contribution in [2.75, 3.05) is 33.8 Å². The minimum Gasteiger partial charge on any atom is -0.427 e. The van der Waals surface area contributed by atoms with Gasteiger partial charge in [0.15, 0.2) is 0 Å². The van der Waals surface area contributed by atoms with E-state index < -0.39 is 5.60 Å². The van der Waals surface area contributed by atoms with Crippen LogP contribution in [0.3, 0.4) is 0 Å². The number of carbonyl (C=O) groups excluding carboxylic acids is 2. The molecule has 1 aliphatic carbocycles. The Morgan fingerprint density at radius 1 is 1.08 bits per heavy atom. The number of ether oxygens (including phenoxy) is 2. The predicted molar refractivity (Wildman–Crippen MR) is 154 cm³/mol. The van der Waals surface area contributed by atoms with Crippen molar-refractivity contribution >= 4 is 22.6 Å². The Bertz CT molecular complexity index is 1390. The van der Waals surface area contributed by atoms with Crippen LogP contribution in [0.1, 0.15) is 48.5 Å². The summed E-state index contributed by atoms with van der Waals surface area (Å²) >= 11 is 0. The number of hydrogen-bond acceptors (Lipinski definition) is 5. The zero-order valence-corrected chi connectivity index (χ0v) is 23.2. The van der Waals surface area contributed by atoms with E-state index in [0.29, 0.717) is 11.3 Å². The van der Waals surface area contributed by atoms with Crippen molar-refractivity contribution in [3.05, 3.63) is 90.5 Å². The van der Waals surface area contributed by atoms with E-state index in [1.165, 1.54) is 6.92 Å². The number of methoxy groups -OCH3 is 1. The maximum Gasteiger partial charge on any atom is 0.308 e. The van der Waals surface area contributed by atoms with Gasteiger partial charge in [0.2, 0.25) is 0 Å². The molecule has 0 unspecified atom stereocenters. The van der Waals surface area contributed by atoms with Crippen LogP contribution in [0.4, 0.5) is 0 Å². The van der Waals surface area contributed by atoms with Gasteiger partial charge in [-0.2, -0.15) is 0 Å². The van der Waals surface area contributed by atoms with Crippen LogP contribution >= 0.6 is 0 Å². The summed E-state index contributed by atoms with van der Waals surface area (Å²) in [5, 5.41) is 2.18. The third kappa shape index (κ3) is 4.99.